The number of fused-ring (bicyclic) bond motifs is 5. The number of hydrogen-bond donors (Lipinski definition) is 13. The number of benzene rings is 1. The molecule has 8 amide bonds. The lowest BCUT2D eigenvalue weighted by Gasteiger charge is -2.32. The van der Waals surface area contributed by atoms with E-state index >= 15 is 0 Å². The molecule has 1 aromatic carbocycles. The molecule has 3 unspecified atom stereocenters. The molecule has 2 bridgehead atoms. The van der Waals surface area contributed by atoms with Gasteiger partial charge in [0.25, 0.3) is 0 Å². The number of carboxylic acids is 1. The summed E-state index contributed by atoms with van der Waals surface area (Å²) in [5.74, 6) is -12.9. The molecule has 0 aliphatic carbocycles. The standard InChI is InChI=1S/C39H53N9O15S/c1-4-16(2)31-36(60)41-11-28(53)42-25-15-64(63)38-21(20-6-5-18(50)7-22(20)45-38)9-23(33(57)40-12-29(54)46-31)43-37(61)32(17(3)27(52)14-49)47-35(59)26-8-19(51)13-48(26)39(62)24(10-30(55)56)44-34(25)58/h5-7,16-17,19,23-27,31-32,45,49-52H,4,8-15H2,1-3H3,(H,40,57)(H,41,60)(H,42,53)(H,43,61)(H,44,58)(H,46,54)(H,47,59)(H,55,56)/t16-,17-,19?,23?,24-,25-,26-,27-,31-,32-,64?/m0/s1. The average Bonchev–Trinajstić information content (AvgIpc) is 3.82. The van der Waals surface area contributed by atoms with E-state index in [-0.39, 0.29) is 27.2 Å². The summed E-state index contributed by atoms with van der Waals surface area (Å²) in [4.78, 5) is 127. The molecule has 4 heterocycles. The molecule has 0 radical (unpaired) electrons. The van der Waals surface area contributed by atoms with E-state index in [0.717, 1.165) is 4.90 Å². The number of aromatic amines is 1. The Balaban J connectivity index is 1.73. The third kappa shape index (κ3) is 11.5. The van der Waals surface area contributed by atoms with Crippen LogP contribution in [0.3, 0.4) is 0 Å². The highest BCUT2D eigenvalue weighted by Crippen LogP contribution is 2.30. The number of aromatic nitrogens is 1. The molecular formula is C39H53N9O15S. The third-order valence-corrected chi connectivity index (χ3v) is 12.9. The summed E-state index contributed by atoms with van der Waals surface area (Å²) >= 11 is 0. The normalized spacial score (nSPS) is 28.5. The molecule has 0 spiro atoms. The van der Waals surface area contributed by atoms with Crippen LogP contribution in [0.2, 0.25) is 0 Å². The molecule has 350 valence electrons. The number of nitrogens with one attached hydrogen (secondary N) is 8. The van der Waals surface area contributed by atoms with Crippen LogP contribution < -0.4 is 37.2 Å². The zero-order chi connectivity index (χ0) is 47.2. The monoisotopic (exact) mass is 919 g/mol. The summed E-state index contributed by atoms with van der Waals surface area (Å²) in [6, 6.07) is -6.28. The molecule has 5 rings (SSSR count). The van der Waals surface area contributed by atoms with Crippen molar-refractivity contribution in [1.29, 1.82) is 0 Å². The van der Waals surface area contributed by atoms with Gasteiger partial charge >= 0.3 is 5.97 Å². The van der Waals surface area contributed by atoms with Gasteiger partial charge in [-0.1, -0.05) is 27.2 Å². The summed E-state index contributed by atoms with van der Waals surface area (Å²) in [5, 5.41) is 68.3. The highest BCUT2D eigenvalue weighted by molar-refractivity contribution is 7.85. The predicted molar refractivity (Wildman–Crippen MR) is 221 cm³/mol. The number of amides is 8. The second kappa shape index (κ2) is 21.0. The number of phenolic OH excluding ortho intramolecular Hbond substituents is 1. The Bertz CT molecular complexity index is 2200. The van der Waals surface area contributed by atoms with Crippen molar-refractivity contribution in [3.63, 3.8) is 0 Å². The number of aromatic hydroxyl groups is 1. The molecule has 3 aliphatic heterocycles. The molecule has 25 heteroatoms. The lowest BCUT2D eigenvalue weighted by Crippen LogP contribution is -2.62. The van der Waals surface area contributed by atoms with E-state index in [4.69, 9.17) is 0 Å². The Kier molecular flexibility index (Phi) is 16.0. The molecule has 24 nitrogen and oxygen atoms in total. The molecule has 3 aliphatic rings. The first-order valence-corrected chi connectivity index (χ1v) is 21.8. The van der Waals surface area contributed by atoms with Gasteiger partial charge in [-0.2, -0.15) is 0 Å². The summed E-state index contributed by atoms with van der Waals surface area (Å²) in [6.45, 7) is 1.64. The van der Waals surface area contributed by atoms with Crippen molar-refractivity contribution < 1.29 is 72.9 Å². The quantitative estimate of drug-likeness (QED) is 0.123. The van der Waals surface area contributed by atoms with Gasteiger partial charge in [0.15, 0.2) is 0 Å². The zero-order valence-corrected chi connectivity index (χ0v) is 35.9. The number of nitrogens with zero attached hydrogens (tertiary/aromatic N) is 1. The minimum atomic E-state index is -2.41. The lowest BCUT2D eigenvalue weighted by atomic mass is 9.93. The Hall–Kier alpha value is -6.18. The minimum Gasteiger partial charge on any atom is -0.508 e. The summed E-state index contributed by atoms with van der Waals surface area (Å²) in [6.07, 6.45) is -4.74. The van der Waals surface area contributed by atoms with Gasteiger partial charge in [-0.05, 0) is 23.6 Å². The number of carbonyl (C=O) groups is 9. The fraction of sp³-hybridized carbons (Fsp3) is 0.564. The number of aliphatic hydroxyl groups excluding tert-OH is 3. The van der Waals surface area contributed by atoms with Crippen molar-refractivity contribution in [2.75, 3.05) is 32.0 Å². The van der Waals surface area contributed by atoms with E-state index in [1.807, 2.05) is 0 Å². The molecule has 1 aromatic heterocycles. The minimum absolute atomic E-state index is 0.0635. The van der Waals surface area contributed by atoms with E-state index in [2.05, 4.69) is 42.2 Å². The van der Waals surface area contributed by atoms with Gasteiger partial charge in [0.05, 0.1) is 60.4 Å². The van der Waals surface area contributed by atoms with Crippen molar-refractivity contribution in [2.24, 2.45) is 11.8 Å². The third-order valence-electron chi connectivity index (χ3n) is 11.5. The molecular weight excluding hydrogens is 867 g/mol. The molecule has 1 fully saturated rings. The first kappa shape index (κ1) is 48.8. The van der Waals surface area contributed by atoms with Gasteiger partial charge in [-0.15, -0.1) is 0 Å². The van der Waals surface area contributed by atoms with Crippen LogP contribution in [-0.2, 0) is 60.4 Å². The second-order valence-corrected chi connectivity index (χ2v) is 17.5. The molecule has 11 atom stereocenters. The zero-order valence-electron chi connectivity index (χ0n) is 35.0. The van der Waals surface area contributed by atoms with Crippen LogP contribution in [-0.4, -0.2) is 173 Å². The predicted octanol–water partition coefficient (Wildman–Crippen LogP) is -5.32. The van der Waals surface area contributed by atoms with Crippen molar-refractivity contribution in [3.8, 4) is 5.75 Å². The largest absolute Gasteiger partial charge is 0.508 e. The van der Waals surface area contributed by atoms with Crippen molar-refractivity contribution in [3.05, 3.63) is 23.8 Å². The Morgan fingerprint density at radius 1 is 0.859 bits per heavy atom. The number of aliphatic carboxylic acids is 1. The molecule has 13 N–H and O–H groups in total. The summed E-state index contributed by atoms with van der Waals surface area (Å²) in [7, 11) is -2.41. The number of hydrogen-bond acceptors (Lipinski definition) is 14. The first-order valence-electron chi connectivity index (χ1n) is 20.5. The highest BCUT2D eigenvalue weighted by atomic mass is 32.2. The number of H-pyrrole nitrogens is 1. The fourth-order valence-corrected chi connectivity index (χ4v) is 9.07. The summed E-state index contributed by atoms with van der Waals surface area (Å²) in [5.41, 5.74) is 0.220. The van der Waals surface area contributed by atoms with Crippen molar-refractivity contribution >= 4 is 74.9 Å². The molecule has 1 saturated heterocycles. The van der Waals surface area contributed by atoms with Crippen LogP contribution in [0.1, 0.15) is 45.6 Å². The number of rotatable bonds is 7. The maximum atomic E-state index is 14.5. The maximum Gasteiger partial charge on any atom is 0.305 e. The van der Waals surface area contributed by atoms with Crippen LogP contribution in [0, 0.1) is 11.8 Å². The number of aliphatic hydroxyl groups is 3. The summed E-state index contributed by atoms with van der Waals surface area (Å²) < 4.78 is 14.5. The van der Waals surface area contributed by atoms with Gasteiger partial charge in [0.2, 0.25) is 47.3 Å². The smallest absolute Gasteiger partial charge is 0.305 e. The lowest BCUT2D eigenvalue weighted by molar-refractivity contribution is -0.146. The van der Waals surface area contributed by atoms with Crippen LogP contribution in [0.15, 0.2) is 23.2 Å². The van der Waals surface area contributed by atoms with Gasteiger partial charge in [-0.3, -0.25) is 47.4 Å². The Morgan fingerprint density at radius 3 is 2.19 bits per heavy atom. The van der Waals surface area contributed by atoms with E-state index in [1.165, 1.54) is 25.1 Å². The van der Waals surface area contributed by atoms with E-state index in [9.17, 15) is 72.9 Å². The number of carbonyl (C=O) groups excluding carboxylic acids is 8. The molecule has 64 heavy (non-hydrogen) atoms. The number of carboxylic acid groups (broad SMARTS) is 1. The van der Waals surface area contributed by atoms with E-state index < -0.39 is 176 Å². The van der Waals surface area contributed by atoms with Gasteiger partial charge in [0, 0.05) is 36.8 Å². The van der Waals surface area contributed by atoms with E-state index in [1.54, 1.807) is 13.8 Å². The van der Waals surface area contributed by atoms with Crippen LogP contribution in [0.25, 0.3) is 10.9 Å². The van der Waals surface area contributed by atoms with Crippen LogP contribution >= 0.6 is 0 Å². The van der Waals surface area contributed by atoms with Crippen molar-refractivity contribution in [2.45, 2.75) is 99.9 Å². The Morgan fingerprint density at radius 2 is 1.53 bits per heavy atom. The number of phenols is 1. The SMILES string of the molecule is CC[C@H](C)[C@@H]1NC(=O)CNC(=O)C2Cc3c([nH]c4cc(O)ccc34)S(=O)C[C@H](NC(=O)CNC1=O)C(=O)N[C@@H](CC(=O)O)C(=O)N1CC(O)C[C@H]1C(=O)N[C@@H]([C@@H](C)[C@@H](O)CO)C(=O)N2. The van der Waals surface area contributed by atoms with Gasteiger partial charge in [-0.25, -0.2) is 0 Å². The maximum absolute atomic E-state index is 14.5. The first-order chi connectivity index (χ1) is 30.2. The van der Waals surface area contributed by atoms with Crippen molar-refractivity contribution in [1.82, 2.24) is 47.1 Å². The fourth-order valence-electron chi connectivity index (χ4n) is 7.67. The highest BCUT2D eigenvalue weighted by Gasteiger charge is 2.45. The van der Waals surface area contributed by atoms with Crippen LogP contribution in [0.4, 0.5) is 0 Å². The molecule has 0 saturated carbocycles. The topological polar surface area (TPSA) is 375 Å². The van der Waals surface area contributed by atoms with Gasteiger partial charge < -0.3 is 72.6 Å². The average molecular weight is 920 g/mol. The second-order valence-electron chi connectivity index (χ2n) is 16.1. The molecule has 2 aromatic rings. The Labute approximate surface area is 367 Å². The van der Waals surface area contributed by atoms with E-state index in [0.29, 0.717) is 6.42 Å². The van der Waals surface area contributed by atoms with Gasteiger partial charge in [0.1, 0.15) is 47.0 Å². The van der Waals surface area contributed by atoms with Crippen LogP contribution in [0.5, 0.6) is 5.75 Å².